The van der Waals surface area contributed by atoms with E-state index in [1.165, 1.54) is 0 Å². The van der Waals surface area contributed by atoms with Gasteiger partial charge in [0.15, 0.2) is 5.69 Å². The Labute approximate surface area is 144 Å². The molecule has 1 aromatic carbocycles. The lowest BCUT2D eigenvalue weighted by Crippen LogP contribution is -2.12. The minimum atomic E-state index is -0.646. The standard InChI is InChI=1S/C14H11BrN6O3/c15-10-6-16-20(8-10)7-9-2-1-3-11(4-9)17-14(22)12-5-13(19-18-12)21(23)24/h1-6,8H,7H2,(H,17,22)(H,18,19). The molecule has 3 rings (SSSR count). The third-order valence-electron chi connectivity index (χ3n) is 3.12. The van der Waals surface area contributed by atoms with E-state index in [0.717, 1.165) is 16.1 Å². The maximum atomic E-state index is 12.1. The number of aromatic nitrogens is 4. The fourth-order valence-electron chi connectivity index (χ4n) is 2.08. The number of aromatic amines is 1. The number of hydrogen-bond acceptors (Lipinski definition) is 5. The molecular formula is C14H11BrN6O3. The fraction of sp³-hybridized carbons (Fsp3) is 0.0714. The van der Waals surface area contributed by atoms with Crippen molar-refractivity contribution in [3.05, 3.63) is 68.6 Å². The number of amides is 1. The Hall–Kier alpha value is -3.01. The van der Waals surface area contributed by atoms with Gasteiger partial charge in [0.2, 0.25) is 0 Å². The summed E-state index contributed by atoms with van der Waals surface area (Å²) in [5.74, 6) is -0.864. The van der Waals surface area contributed by atoms with Gasteiger partial charge in [-0.3, -0.25) is 9.48 Å². The number of hydrogen-bond donors (Lipinski definition) is 2. The predicted molar refractivity (Wildman–Crippen MR) is 88.7 cm³/mol. The van der Waals surface area contributed by atoms with Crippen molar-refractivity contribution in [2.45, 2.75) is 6.54 Å². The van der Waals surface area contributed by atoms with Crippen molar-refractivity contribution in [2.24, 2.45) is 0 Å². The molecule has 0 saturated carbocycles. The largest absolute Gasteiger partial charge is 0.358 e. The normalized spacial score (nSPS) is 10.5. The molecule has 0 aliphatic carbocycles. The van der Waals surface area contributed by atoms with Gasteiger partial charge in [0.05, 0.1) is 23.3 Å². The first kappa shape index (κ1) is 15.9. The van der Waals surface area contributed by atoms with Crippen LogP contribution in [0.15, 0.2) is 47.2 Å². The summed E-state index contributed by atoms with van der Waals surface area (Å²) in [5, 5.41) is 23.3. The number of benzene rings is 1. The average molecular weight is 391 g/mol. The van der Waals surface area contributed by atoms with Gasteiger partial charge in [0, 0.05) is 11.9 Å². The van der Waals surface area contributed by atoms with Crippen LogP contribution in [0.2, 0.25) is 0 Å². The van der Waals surface area contributed by atoms with Crippen molar-refractivity contribution in [3.8, 4) is 0 Å². The van der Waals surface area contributed by atoms with E-state index in [9.17, 15) is 14.9 Å². The van der Waals surface area contributed by atoms with E-state index in [0.29, 0.717) is 12.2 Å². The summed E-state index contributed by atoms with van der Waals surface area (Å²) in [7, 11) is 0. The Morgan fingerprint density at radius 3 is 2.92 bits per heavy atom. The van der Waals surface area contributed by atoms with Crippen molar-refractivity contribution < 1.29 is 9.72 Å². The first-order valence-electron chi connectivity index (χ1n) is 6.79. The summed E-state index contributed by atoms with van der Waals surface area (Å²) >= 11 is 3.33. The molecule has 2 heterocycles. The smallest absolute Gasteiger partial charge is 0.343 e. The maximum Gasteiger partial charge on any atom is 0.343 e. The average Bonchev–Trinajstić information content (AvgIpc) is 3.17. The molecule has 0 spiro atoms. The second-order valence-electron chi connectivity index (χ2n) is 4.91. The molecule has 122 valence electrons. The number of nitrogens with zero attached hydrogens (tertiary/aromatic N) is 4. The zero-order valence-corrected chi connectivity index (χ0v) is 13.7. The maximum absolute atomic E-state index is 12.1. The molecule has 0 aliphatic rings. The van der Waals surface area contributed by atoms with E-state index in [-0.39, 0.29) is 11.5 Å². The number of carbonyl (C=O) groups excluding carboxylic acids is 1. The van der Waals surface area contributed by atoms with Gasteiger partial charge in [0.1, 0.15) is 0 Å². The highest BCUT2D eigenvalue weighted by Gasteiger charge is 2.16. The van der Waals surface area contributed by atoms with E-state index < -0.39 is 10.8 Å². The summed E-state index contributed by atoms with van der Waals surface area (Å²) in [5.41, 5.74) is 1.45. The lowest BCUT2D eigenvalue weighted by molar-refractivity contribution is -0.389. The van der Waals surface area contributed by atoms with Crippen molar-refractivity contribution in [1.29, 1.82) is 0 Å². The van der Waals surface area contributed by atoms with Crippen molar-refractivity contribution >= 4 is 33.3 Å². The molecule has 0 saturated heterocycles. The van der Waals surface area contributed by atoms with Gasteiger partial charge in [-0.15, -0.1) is 5.10 Å². The van der Waals surface area contributed by atoms with E-state index in [2.05, 4.69) is 36.5 Å². The minimum Gasteiger partial charge on any atom is -0.358 e. The first-order valence-corrected chi connectivity index (χ1v) is 7.58. The van der Waals surface area contributed by atoms with Gasteiger partial charge in [0.25, 0.3) is 5.91 Å². The lowest BCUT2D eigenvalue weighted by Gasteiger charge is -2.06. The summed E-state index contributed by atoms with van der Waals surface area (Å²) in [6.45, 7) is 0.545. The number of halogens is 1. The lowest BCUT2D eigenvalue weighted by atomic mass is 10.2. The van der Waals surface area contributed by atoms with Crippen LogP contribution in [0.4, 0.5) is 11.5 Å². The molecular weight excluding hydrogens is 380 g/mol. The third kappa shape index (κ3) is 3.66. The highest BCUT2D eigenvalue weighted by atomic mass is 79.9. The van der Waals surface area contributed by atoms with Crippen molar-refractivity contribution in [2.75, 3.05) is 5.32 Å². The van der Waals surface area contributed by atoms with E-state index in [1.54, 1.807) is 29.1 Å². The Bertz CT molecular complexity index is 903. The number of rotatable bonds is 5. The molecule has 0 radical (unpaired) electrons. The molecule has 9 nitrogen and oxygen atoms in total. The number of H-pyrrole nitrogens is 1. The first-order chi connectivity index (χ1) is 11.5. The van der Waals surface area contributed by atoms with Crippen LogP contribution in [-0.4, -0.2) is 30.8 Å². The number of carbonyl (C=O) groups is 1. The molecule has 0 fully saturated rings. The Morgan fingerprint density at radius 2 is 2.25 bits per heavy atom. The molecule has 0 atom stereocenters. The van der Waals surface area contributed by atoms with Gasteiger partial charge < -0.3 is 15.4 Å². The summed E-state index contributed by atoms with van der Waals surface area (Å²) < 4.78 is 2.63. The molecule has 24 heavy (non-hydrogen) atoms. The SMILES string of the molecule is O=C(Nc1cccc(Cn2cc(Br)cn2)c1)c1cc([N+](=O)[O-])[nH]n1. The second kappa shape index (κ2) is 6.62. The molecule has 2 aromatic heterocycles. The molecule has 0 aliphatic heterocycles. The summed E-state index contributed by atoms with van der Waals surface area (Å²) in [4.78, 5) is 22.0. The highest BCUT2D eigenvalue weighted by molar-refractivity contribution is 9.10. The van der Waals surface area contributed by atoms with Gasteiger partial charge in [-0.1, -0.05) is 17.2 Å². The van der Waals surface area contributed by atoms with Crippen LogP contribution in [-0.2, 0) is 6.54 Å². The van der Waals surface area contributed by atoms with Gasteiger partial charge in [-0.25, -0.2) is 0 Å². The van der Waals surface area contributed by atoms with Crippen LogP contribution in [0.1, 0.15) is 16.1 Å². The Balaban J connectivity index is 1.71. The van der Waals surface area contributed by atoms with Crippen LogP contribution in [0.25, 0.3) is 0 Å². The molecule has 3 aromatic rings. The Morgan fingerprint density at radius 1 is 1.42 bits per heavy atom. The molecule has 0 bridgehead atoms. The molecule has 2 N–H and O–H groups in total. The zero-order valence-electron chi connectivity index (χ0n) is 12.1. The van der Waals surface area contributed by atoms with Crippen molar-refractivity contribution in [3.63, 3.8) is 0 Å². The van der Waals surface area contributed by atoms with Crippen LogP contribution in [0.5, 0.6) is 0 Å². The quantitative estimate of drug-likeness (QED) is 0.512. The summed E-state index contributed by atoms with van der Waals surface area (Å²) in [6, 6.07) is 8.32. The van der Waals surface area contributed by atoms with Gasteiger partial charge in [-0.05, 0) is 38.5 Å². The molecule has 0 unspecified atom stereocenters. The van der Waals surface area contributed by atoms with Crippen LogP contribution in [0, 0.1) is 10.1 Å². The van der Waals surface area contributed by atoms with Gasteiger partial charge in [-0.2, -0.15) is 5.10 Å². The number of anilines is 1. The number of nitro groups is 1. The van der Waals surface area contributed by atoms with Crippen LogP contribution in [0.3, 0.4) is 0 Å². The van der Waals surface area contributed by atoms with Crippen molar-refractivity contribution in [1.82, 2.24) is 20.0 Å². The number of nitrogens with one attached hydrogen (secondary N) is 2. The zero-order chi connectivity index (χ0) is 17.1. The van der Waals surface area contributed by atoms with E-state index in [4.69, 9.17) is 0 Å². The second-order valence-corrected chi connectivity index (χ2v) is 5.82. The monoisotopic (exact) mass is 390 g/mol. The third-order valence-corrected chi connectivity index (χ3v) is 3.53. The van der Waals surface area contributed by atoms with E-state index >= 15 is 0 Å². The topological polar surface area (TPSA) is 119 Å². The minimum absolute atomic E-state index is 0.0527. The molecule has 1 amide bonds. The highest BCUT2D eigenvalue weighted by Crippen LogP contribution is 2.15. The van der Waals surface area contributed by atoms with Crippen LogP contribution >= 0.6 is 15.9 Å². The van der Waals surface area contributed by atoms with Gasteiger partial charge >= 0.3 is 5.82 Å². The molecule has 10 heteroatoms. The van der Waals surface area contributed by atoms with Crippen LogP contribution < -0.4 is 5.32 Å². The fourth-order valence-corrected chi connectivity index (χ4v) is 2.40. The van der Waals surface area contributed by atoms with E-state index in [1.807, 2.05) is 12.3 Å². The predicted octanol–water partition coefficient (Wildman–Crippen LogP) is 2.58. The summed E-state index contributed by atoms with van der Waals surface area (Å²) in [6.07, 6.45) is 3.53. The Kier molecular flexibility index (Phi) is 4.38.